The van der Waals surface area contributed by atoms with Crippen molar-refractivity contribution in [2.75, 3.05) is 6.61 Å². The lowest BCUT2D eigenvalue weighted by atomic mass is 9.93. The molecule has 1 rings (SSSR count). The van der Waals surface area contributed by atoms with Gasteiger partial charge in [0, 0.05) is 0 Å². The summed E-state index contributed by atoms with van der Waals surface area (Å²) in [5.41, 5.74) is 0. The van der Waals surface area contributed by atoms with Crippen LogP contribution in [0.25, 0.3) is 0 Å². The molecule has 0 spiro atoms. The van der Waals surface area contributed by atoms with E-state index in [9.17, 15) is 10.2 Å². The van der Waals surface area contributed by atoms with E-state index in [1.165, 1.54) is 0 Å². The number of ether oxygens (including phenoxy) is 2. The molecule has 0 bridgehead atoms. The van der Waals surface area contributed by atoms with Crippen molar-refractivity contribution in [1.82, 2.24) is 0 Å². The molecule has 1 saturated heterocycles. The fourth-order valence-electron chi connectivity index (χ4n) is 1.36. The van der Waals surface area contributed by atoms with Gasteiger partial charge in [-0.25, -0.2) is 0 Å². The molecule has 0 saturated carbocycles. The summed E-state index contributed by atoms with van der Waals surface area (Å²) in [6.45, 7) is 4.17. The minimum Gasteiger partial charge on any atom is -0.388 e. The molecule has 0 aromatic rings. The maximum absolute atomic E-state index is 9.49. The summed E-state index contributed by atoms with van der Waals surface area (Å²) in [5, 5.41) is 18.9. The first-order valence-electron chi connectivity index (χ1n) is 4.65. The van der Waals surface area contributed by atoms with E-state index in [0.29, 0.717) is 6.61 Å². The molecule has 0 amide bonds. The third kappa shape index (κ3) is 2.67. The third-order valence-electron chi connectivity index (χ3n) is 2.20. The van der Waals surface area contributed by atoms with Gasteiger partial charge in [-0.15, -0.1) is 0 Å². The van der Waals surface area contributed by atoms with E-state index in [4.69, 9.17) is 9.47 Å². The van der Waals surface area contributed by atoms with Crippen LogP contribution in [0.3, 0.4) is 0 Å². The highest BCUT2D eigenvalue weighted by Crippen LogP contribution is 2.19. The van der Waals surface area contributed by atoms with Gasteiger partial charge < -0.3 is 19.7 Å². The van der Waals surface area contributed by atoms with Crippen LogP contribution in [0.5, 0.6) is 0 Å². The summed E-state index contributed by atoms with van der Waals surface area (Å²) in [6, 6.07) is -0.309. The maximum Gasteiger partial charge on any atom is 0.142 e. The first-order chi connectivity index (χ1) is 6.02. The summed E-state index contributed by atoms with van der Waals surface area (Å²) < 4.78 is 10.6. The Balaban J connectivity index is 2.35. The second kappa shape index (κ2) is 4.42. The Morgan fingerprint density at radius 2 is 2.00 bits per heavy atom. The molecule has 0 aromatic heterocycles. The minimum absolute atomic E-state index is 0.115. The van der Waals surface area contributed by atoms with Gasteiger partial charge >= 0.3 is 0 Å². The normalized spacial score (nSPS) is 40.1. The Bertz CT molecular complexity index is 164. The lowest BCUT2D eigenvalue weighted by molar-refractivity contribution is -0.0489. The fourth-order valence-corrected chi connectivity index (χ4v) is 1.36. The molecule has 76 valence electrons. The molecule has 13 heavy (non-hydrogen) atoms. The van der Waals surface area contributed by atoms with Gasteiger partial charge in [0.2, 0.25) is 0 Å². The third-order valence-corrected chi connectivity index (χ3v) is 2.20. The zero-order valence-corrected chi connectivity index (χ0v) is 8.30. The summed E-state index contributed by atoms with van der Waals surface area (Å²) in [6.07, 6.45) is -1.90. The monoisotopic (exact) mass is 188 g/mol. The SMILES string of the molecule is BC1OC(COC(C)C)C(O)C1O. The van der Waals surface area contributed by atoms with Crippen LogP contribution in [0.4, 0.5) is 0 Å². The van der Waals surface area contributed by atoms with Gasteiger partial charge in [-0.1, -0.05) is 0 Å². The molecule has 0 aliphatic carbocycles. The second-order valence-electron chi connectivity index (χ2n) is 3.74. The molecule has 2 N–H and O–H groups in total. The molecule has 0 aromatic carbocycles. The Kier molecular flexibility index (Phi) is 3.73. The Morgan fingerprint density at radius 1 is 1.38 bits per heavy atom. The van der Waals surface area contributed by atoms with Crippen molar-refractivity contribution in [2.45, 2.75) is 44.3 Å². The van der Waals surface area contributed by atoms with Crippen molar-refractivity contribution in [1.29, 1.82) is 0 Å². The summed E-state index contributed by atoms with van der Waals surface area (Å²) in [4.78, 5) is 0. The van der Waals surface area contributed by atoms with Crippen LogP contribution in [0.15, 0.2) is 0 Å². The standard InChI is InChI=1S/C8H17BO4/c1-4(2)12-3-5-6(10)7(11)8(9)13-5/h4-8,10-11H,3,9H2,1-2H3. The molecule has 4 nitrogen and oxygen atoms in total. The van der Waals surface area contributed by atoms with Crippen molar-refractivity contribution in [3.63, 3.8) is 0 Å². The molecule has 0 radical (unpaired) electrons. The second-order valence-corrected chi connectivity index (χ2v) is 3.74. The molecule has 1 heterocycles. The Morgan fingerprint density at radius 3 is 2.38 bits per heavy atom. The minimum atomic E-state index is -0.825. The molecule has 1 aliphatic rings. The lowest BCUT2D eigenvalue weighted by Gasteiger charge is -2.16. The highest BCUT2D eigenvalue weighted by molar-refractivity contribution is 6.11. The molecule has 4 atom stereocenters. The van der Waals surface area contributed by atoms with Gasteiger partial charge in [0.1, 0.15) is 26.2 Å². The predicted octanol–water partition coefficient (Wildman–Crippen LogP) is -1.51. The fraction of sp³-hybridized carbons (Fsp3) is 1.00. The topological polar surface area (TPSA) is 58.9 Å². The van der Waals surface area contributed by atoms with Gasteiger partial charge in [0.05, 0.1) is 18.7 Å². The number of rotatable bonds is 3. The highest BCUT2D eigenvalue weighted by atomic mass is 16.6. The van der Waals surface area contributed by atoms with Crippen molar-refractivity contribution in [3.05, 3.63) is 0 Å². The molecule has 4 unspecified atom stereocenters. The lowest BCUT2D eigenvalue weighted by Crippen LogP contribution is -2.34. The molecular weight excluding hydrogens is 171 g/mol. The van der Waals surface area contributed by atoms with Crippen molar-refractivity contribution >= 4 is 7.85 Å². The van der Waals surface area contributed by atoms with Crippen LogP contribution in [0.1, 0.15) is 13.8 Å². The Hall–Kier alpha value is -0.0951. The maximum atomic E-state index is 9.49. The zero-order valence-electron chi connectivity index (χ0n) is 8.30. The Labute approximate surface area is 79.3 Å². The molecule has 1 aliphatic heterocycles. The average molecular weight is 188 g/mol. The van der Waals surface area contributed by atoms with Crippen LogP contribution in [0, 0.1) is 0 Å². The number of aliphatic hydroxyl groups is 2. The molecule has 1 fully saturated rings. The van der Waals surface area contributed by atoms with Crippen LogP contribution in [-0.2, 0) is 9.47 Å². The van der Waals surface area contributed by atoms with E-state index in [2.05, 4.69) is 0 Å². The summed E-state index contributed by atoms with van der Waals surface area (Å²) in [7, 11) is 1.74. The van der Waals surface area contributed by atoms with Gasteiger partial charge in [-0.3, -0.25) is 0 Å². The van der Waals surface area contributed by atoms with E-state index >= 15 is 0 Å². The first kappa shape index (κ1) is 11.0. The zero-order chi connectivity index (χ0) is 10.0. The summed E-state index contributed by atoms with van der Waals surface area (Å²) >= 11 is 0. The van der Waals surface area contributed by atoms with Crippen molar-refractivity contribution in [2.24, 2.45) is 0 Å². The smallest absolute Gasteiger partial charge is 0.142 e. The van der Waals surface area contributed by atoms with Crippen LogP contribution in [0.2, 0.25) is 0 Å². The highest BCUT2D eigenvalue weighted by Gasteiger charge is 2.39. The van der Waals surface area contributed by atoms with Gasteiger partial charge in [-0.2, -0.15) is 0 Å². The first-order valence-corrected chi connectivity index (χ1v) is 4.65. The van der Waals surface area contributed by atoms with Gasteiger partial charge in [0.15, 0.2) is 0 Å². The van der Waals surface area contributed by atoms with Crippen molar-refractivity contribution in [3.8, 4) is 0 Å². The molecular formula is C8H17BO4. The van der Waals surface area contributed by atoms with Crippen LogP contribution in [-0.4, -0.2) is 55.1 Å². The van der Waals surface area contributed by atoms with E-state index in [1.807, 2.05) is 13.8 Å². The van der Waals surface area contributed by atoms with Crippen LogP contribution >= 0.6 is 0 Å². The number of aliphatic hydroxyl groups excluding tert-OH is 2. The van der Waals surface area contributed by atoms with E-state index in [1.54, 1.807) is 7.85 Å². The molecule has 5 heteroatoms. The quantitative estimate of drug-likeness (QED) is 0.528. The van der Waals surface area contributed by atoms with E-state index in [-0.39, 0.29) is 12.1 Å². The van der Waals surface area contributed by atoms with E-state index in [0.717, 1.165) is 0 Å². The van der Waals surface area contributed by atoms with Gasteiger partial charge in [-0.05, 0) is 13.8 Å². The average Bonchev–Trinajstić information content (AvgIpc) is 2.29. The largest absolute Gasteiger partial charge is 0.388 e. The summed E-state index contributed by atoms with van der Waals surface area (Å²) in [5.74, 6) is 0. The van der Waals surface area contributed by atoms with Gasteiger partial charge in [0.25, 0.3) is 0 Å². The van der Waals surface area contributed by atoms with E-state index < -0.39 is 18.3 Å². The van der Waals surface area contributed by atoms with Crippen molar-refractivity contribution < 1.29 is 19.7 Å². The number of hydrogen-bond acceptors (Lipinski definition) is 4. The van der Waals surface area contributed by atoms with Crippen LogP contribution < -0.4 is 0 Å². The predicted molar refractivity (Wildman–Crippen MR) is 50.3 cm³/mol. The number of hydrogen-bond donors (Lipinski definition) is 2.